The minimum absolute atomic E-state index is 0.150. The van der Waals surface area contributed by atoms with Crippen LogP contribution in [0.2, 0.25) is 0 Å². The van der Waals surface area contributed by atoms with Gasteiger partial charge >= 0.3 is 11.9 Å². The number of rotatable bonds is 20. The maximum atomic E-state index is 11.7. The second kappa shape index (κ2) is 20.4. The first-order valence-corrected chi connectivity index (χ1v) is 11.5. The normalized spacial score (nSPS) is 10.6. The van der Waals surface area contributed by atoms with Crippen molar-refractivity contribution in [2.75, 3.05) is 13.2 Å². The lowest BCUT2D eigenvalue weighted by atomic mass is 10.1. The number of carbonyl (C=O) groups excluding carboxylic acids is 2. The Morgan fingerprint density at radius 3 is 1.50 bits per heavy atom. The quantitative estimate of drug-likeness (QED) is 0.127. The van der Waals surface area contributed by atoms with Gasteiger partial charge in [0.05, 0.1) is 13.2 Å². The van der Waals surface area contributed by atoms with E-state index in [0.717, 1.165) is 18.4 Å². The molecular weight excluding hydrogens is 352 g/mol. The molecule has 0 saturated carbocycles. The lowest BCUT2D eigenvalue weighted by Gasteiger charge is -2.06. The minimum atomic E-state index is -0.199. The van der Waals surface area contributed by atoms with Crippen molar-refractivity contribution in [3.05, 3.63) is 12.2 Å². The van der Waals surface area contributed by atoms with Gasteiger partial charge in [-0.3, -0.25) is 9.59 Å². The summed E-state index contributed by atoms with van der Waals surface area (Å²) >= 11 is 0. The molecule has 164 valence electrons. The average molecular weight is 397 g/mol. The van der Waals surface area contributed by atoms with Gasteiger partial charge in [0.2, 0.25) is 0 Å². The molecule has 0 rings (SSSR count). The van der Waals surface area contributed by atoms with Gasteiger partial charge < -0.3 is 9.47 Å². The second-order valence-electron chi connectivity index (χ2n) is 7.89. The number of carbonyl (C=O) groups is 2. The van der Waals surface area contributed by atoms with Gasteiger partial charge in [0.1, 0.15) is 0 Å². The van der Waals surface area contributed by atoms with Crippen molar-refractivity contribution in [3.8, 4) is 0 Å². The smallest absolute Gasteiger partial charge is 0.305 e. The van der Waals surface area contributed by atoms with Crippen LogP contribution in [0.15, 0.2) is 12.2 Å². The Morgan fingerprint density at radius 1 is 0.607 bits per heavy atom. The second-order valence-corrected chi connectivity index (χ2v) is 7.89. The number of hydrogen-bond donors (Lipinski definition) is 0. The van der Waals surface area contributed by atoms with E-state index in [1.807, 2.05) is 6.92 Å². The molecule has 0 aromatic rings. The third kappa shape index (κ3) is 21.0. The summed E-state index contributed by atoms with van der Waals surface area (Å²) in [7, 11) is 0. The average Bonchev–Trinajstić information content (AvgIpc) is 2.66. The van der Waals surface area contributed by atoms with E-state index in [9.17, 15) is 9.59 Å². The van der Waals surface area contributed by atoms with E-state index in [1.165, 1.54) is 57.8 Å². The Balaban J connectivity index is 3.29. The van der Waals surface area contributed by atoms with E-state index in [2.05, 4.69) is 13.5 Å². The first-order valence-electron chi connectivity index (χ1n) is 11.5. The van der Waals surface area contributed by atoms with E-state index in [4.69, 9.17) is 9.47 Å². The molecule has 4 nitrogen and oxygen atoms in total. The van der Waals surface area contributed by atoms with Crippen molar-refractivity contribution in [2.45, 2.75) is 117 Å². The summed E-state index contributed by atoms with van der Waals surface area (Å²) in [4.78, 5) is 23.2. The maximum Gasteiger partial charge on any atom is 0.305 e. The molecule has 0 aliphatic heterocycles. The molecule has 0 N–H and O–H groups in total. The van der Waals surface area contributed by atoms with Crippen LogP contribution in [-0.4, -0.2) is 25.2 Å². The highest BCUT2D eigenvalue weighted by molar-refractivity contribution is 5.70. The summed E-state index contributed by atoms with van der Waals surface area (Å²) in [5.41, 5.74) is 1.01. The van der Waals surface area contributed by atoms with E-state index in [-0.39, 0.29) is 11.9 Å². The monoisotopic (exact) mass is 396 g/mol. The summed E-state index contributed by atoms with van der Waals surface area (Å²) in [6.07, 6.45) is 17.0. The maximum absolute atomic E-state index is 11.7. The van der Waals surface area contributed by atoms with Gasteiger partial charge in [-0.2, -0.15) is 0 Å². The zero-order chi connectivity index (χ0) is 20.9. The standard InChI is InChI=1S/C24H44O4/c1-4-5-6-7-8-9-10-11-12-13-16-20-27-23(25)17-14-15-18-24(26)28-21-19-22(2)3/h2,4-21H2,1,3H3. The van der Waals surface area contributed by atoms with Gasteiger partial charge in [-0.05, 0) is 26.2 Å². The predicted molar refractivity (Wildman–Crippen MR) is 116 cm³/mol. The fraction of sp³-hybridized carbons (Fsp3) is 0.833. The first-order chi connectivity index (χ1) is 13.6. The largest absolute Gasteiger partial charge is 0.466 e. The van der Waals surface area contributed by atoms with Crippen molar-refractivity contribution in [2.24, 2.45) is 0 Å². The highest BCUT2D eigenvalue weighted by Crippen LogP contribution is 2.11. The van der Waals surface area contributed by atoms with E-state index in [0.29, 0.717) is 45.3 Å². The lowest BCUT2D eigenvalue weighted by Crippen LogP contribution is -2.08. The zero-order valence-electron chi connectivity index (χ0n) is 18.6. The molecule has 4 heteroatoms. The Bertz CT molecular complexity index is 403. The summed E-state index contributed by atoms with van der Waals surface area (Å²) in [5, 5.41) is 0. The highest BCUT2D eigenvalue weighted by atomic mass is 16.5. The Labute approximate surface area is 173 Å². The molecule has 0 saturated heterocycles. The van der Waals surface area contributed by atoms with Crippen molar-refractivity contribution in [1.82, 2.24) is 0 Å². The molecule has 0 aliphatic carbocycles. The van der Waals surface area contributed by atoms with Crippen molar-refractivity contribution in [3.63, 3.8) is 0 Å². The van der Waals surface area contributed by atoms with Crippen LogP contribution in [0.3, 0.4) is 0 Å². The van der Waals surface area contributed by atoms with Crippen LogP contribution in [-0.2, 0) is 19.1 Å². The van der Waals surface area contributed by atoms with Crippen molar-refractivity contribution >= 4 is 11.9 Å². The summed E-state index contributed by atoms with van der Waals surface area (Å²) < 4.78 is 10.4. The zero-order valence-corrected chi connectivity index (χ0v) is 18.6. The third-order valence-corrected chi connectivity index (χ3v) is 4.81. The van der Waals surface area contributed by atoms with Gasteiger partial charge in [-0.25, -0.2) is 0 Å². The molecule has 0 fully saturated rings. The molecule has 0 amide bonds. The van der Waals surface area contributed by atoms with Crippen LogP contribution in [0.1, 0.15) is 117 Å². The molecule has 0 atom stereocenters. The Kier molecular flexibility index (Phi) is 19.5. The number of ether oxygens (including phenoxy) is 2. The topological polar surface area (TPSA) is 52.6 Å². The summed E-state index contributed by atoms with van der Waals surface area (Å²) in [6, 6.07) is 0. The first kappa shape index (κ1) is 26.7. The molecule has 0 spiro atoms. The molecule has 0 aliphatic rings. The fourth-order valence-electron chi connectivity index (χ4n) is 2.97. The Hall–Kier alpha value is -1.32. The number of unbranched alkanes of at least 4 members (excludes halogenated alkanes) is 11. The van der Waals surface area contributed by atoms with Crippen LogP contribution in [0.25, 0.3) is 0 Å². The number of esters is 2. The van der Waals surface area contributed by atoms with Crippen LogP contribution < -0.4 is 0 Å². The predicted octanol–water partition coefficient (Wildman–Crippen LogP) is 6.91. The van der Waals surface area contributed by atoms with Crippen LogP contribution in [0.5, 0.6) is 0 Å². The van der Waals surface area contributed by atoms with Gasteiger partial charge in [-0.15, -0.1) is 6.58 Å². The summed E-state index contributed by atoms with van der Waals surface area (Å²) in [6.45, 7) is 8.86. The summed E-state index contributed by atoms with van der Waals surface area (Å²) in [5.74, 6) is -0.349. The lowest BCUT2D eigenvalue weighted by molar-refractivity contribution is -0.146. The molecule has 0 radical (unpaired) electrons. The van der Waals surface area contributed by atoms with Crippen molar-refractivity contribution in [1.29, 1.82) is 0 Å². The van der Waals surface area contributed by atoms with Gasteiger partial charge in [0.15, 0.2) is 0 Å². The van der Waals surface area contributed by atoms with Crippen LogP contribution >= 0.6 is 0 Å². The molecule has 0 heterocycles. The molecule has 0 aromatic carbocycles. The number of hydrogen-bond acceptors (Lipinski definition) is 4. The van der Waals surface area contributed by atoms with E-state index < -0.39 is 0 Å². The minimum Gasteiger partial charge on any atom is -0.466 e. The van der Waals surface area contributed by atoms with E-state index >= 15 is 0 Å². The highest BCUT2D eigenvalue weighted by Gasteiger charge is 2.06. The third-order valence-electron chi connectivity index (χ3n) is 4.81. The molecular formula is C24H44O4. The van der Waals surface area contributed by atoms with E-state index in [1.54, 1.807) is 0 Å². The fourth-order valence-corrected chi connectivity index (χ4v) is 2.97. The SMILES string of the molecule is C=C(C)CCOC(=O)CCCCC(=O)OCCCCCCCCCCCCC. The van der Waals surface area contributed by atoms with Crippen LogP contribution in [0.4, 0.5) is 0 Å². The van der Waals surface area contributed by atoms with Gasteiger partial charge in [0.25, 0.3) is 0 Å². The molecule has 28 heavy (non-hydrogen) atoms. The van der Waals surface area contributed by atoms with Gasteiger partial charge in [-0.1, -0.05) is 76.7 Å². The molecule has 0 unspecified atom stereocenters. The molecule has 0 aromatic heterocycles. The molecule has 0 bridgehead atoms. The van der Waals surface area contributed by atoms with Crippen molar-refractivity contribution < 1.29 is 19.1 Å². The van der Waals surface area contributed by atoms with Gasteiger partial charge in [0, 0.05) is 19.3 Å². The Morgan fingerprint density at radius 2 is 1.04 bits per heavy atom. The van der Waals surface area contributed by atoms with Crippen LogP contribution in [0, 0.1) is 0 Å².